The number of hydrogen-bond acceptors (Lipinski definition) is 5. The van der Waals surface area contributed by atoms with E-state index < -0.39 is 0 Å². The van der Waals surface area contributed by atoms with Crippen molar-refractivity contribution in [2.75, 3.05) is 13.1 Å². The molecular weight excluding hydrogens is 348 g/mol. The lowest BCUT2D eigenvalue weighted by molar-refractivity contribution is -0.121. The van der Waals surface area contributed by atoms with E-state index in [1.165, 1.54) is 22.0 Å². The third-order valence-corrected chi connectivity index (χ3v) is 4.41. The van der Waals surface area contributed by atoms with Crippen molar-refractivity contribution in [3.8, 4) is 0 Å². The predicted molar refractivity (Wildman–Crippen MR) is 97.3 cm³/mol. The minimum absolute atomic E-state index is 0.134. The van der Waals surface area contributed by atoms with E-state index in [-0.39, 0.29) is 36.2 Å². The number of imide groups is 1. The lowest BCUT2D eigenvalue weighted by Crippen LogP contribution is -2.33. The maximum atomic E-state index is 12.2. The zero-order valence-electron chi connectivity index (χ0n) is 15.0. The normalized spacial score (nSPS) is 13.0. The highest BCUT2D eigenvalue weighted by Crippen LogP contribution is 2.22. The number of aromatic nitrogens is 2. The van der Waals surface area contributed by atoms with Crippen LogP contribution >= 0.6 is 0 Å². The number of fused-ring (bicyclic) bond motifs is 1. The van der Waals surface area contributed by atoms with Gasteiger partial charge in [0.15, 0.2) is 0 Å². The van der Waals surface area contributed by atoms with E-state index in [9.17, 15) is 19.2 Å². The maximum Gasteiger partial charge on any atom is 0.261 e. The Morgan fingerprint density at radius 3 is 2.41 bits per heavy atom. The molecular formula is C19H20N4O4. The smallest absolute Gasteiger partial charge is 0.261 e. The molecule has 1 aromatic heterocycles. The average molecular weight is 368 g/mol. The van der Waals surface area contributed by atoms with Gasteiger partial charge in [0, 0.05) is 37.8 Å². The van der Waals surface area contributed by atoms with Gasteiger partial charge in [-0.05, 0) is 25.5 Å². The van der Waals surface area contributed by atoms with Gasteiger partial charge in [0.25, 0.3) is 17.4 Å². The summed E-state index contributed by atoms with van der Waals surface area (Å²) < 4.78 is 1.44. The summed E-state index contributed by atoms with van der Waals surface area (Å²) >= 11 is 0. The highest BCUT2D eigenvalue weighted by molar-refractivity contribution is 6.21. The Morgan fingerprint density at radius 2 is 1.74 bits per heavy atom. The number of amides is 3. The van der Waals surface area contributed by atoms with Crippen molar-refractivity contribution in [3.63, 3.8) is 0 Å². The summed E-state index contributed by atoms with van der Waals surface area (Å²) in [7, 11) is 0. The summed E-state index contributed by atoms with van der Waals surface area (Å²) in [4.78, 5) is 53.4. The monoisotopic (exact) mass is 368 g/mol. The number of carbonyl (C=O) groups is 3. The first-order valence-corrected chi connectivity index (χ1v) is 8.72. The second kappa shape index (κ2) is 7.94. The largest absolute Gasteiger partial charge is 0.354 e. The van der Waals surface area contributed by atoms with E-state index in [4.69, 9.17) is 0 Å². The van der Waals surface area contributed by atoms with Gasteiger partial charge in [0.1, 0.15) is 0 Å². The topological polar surface area (TPSA) is 101 Å². The second-order valence-electron chi connectivity index (χ2n) is 6.34. The summed E-state index contributed by atoms with van der Waals surface area (Å²) in [5.74, 6) is -0.829. The van der Waals surface area contributed by atoms with Crippen molar-refractivity contribution >= 4 is 17.7 Å². The van der Waals surface area contributed by atoms with Gasteiger partial charge in [-0.3, -0.25) is 28.6 Å². The zero-order chi connectivity index (χ0) is 19.4. The van der Waals surface area contributed by atoms with Gasteiger partial charge < -0.3 is 5.32 Å². The van der Waals surface area contributed by atoms with Crippen LogP contribution in [0.3, 0.4) is 0 Å². The number of nitrogens with zero attached hydrogens (tertiary/aromatic N) is 3. The minimum Gasteiger partial charge on any atom is -0.354 e. The summed E-state index contributed by atoms with van der Waals surface area (Å²) in [5, 5.41) is 2.73. The molecule has 1 N–H and O–H groups in total. The summed E-state index contributed by atoms with van der Waals surface area (Å²) in [6.45, 7) is 2.51. The number of rotatable bonds is 7. The van der Waals surface area contributed by atoms with Crippen LogP contribution in [0.25, 0.3) is 0 Å². The number of aryl methyl sites for hydroxylation is 1. The molecule has 3 rings (SSSR count). The molecule has 1 aliphatic heterocycles. The van der Waals surface area contributed by atoms with Crippen LogP contribution in [0.2, 0.25) is 0 Å². The van der Waals surface area contributed by atoms with Crippen LogP contribution < -0.4 is 10.9 Å². The Bertz CT molecular complexity index is 916. The maximum absolute atomic E-state index is 12.2. The Morgan fingerprint density at radius 1 is 1.07 bits per heavy atom. The van der Waals surface area contributed by atoms with E-state index in [1.54, 1.807) is 31.2 Å². The van der Waals surface area contributed by atoms with E-state index >= 15 is 0 Å². The van der Waals surface area contributed by atoms with Gasteiger partial charge in [-0.25, -0.2) is 4.98 Å². The summed E-state index contributed by atoms with van der Waals surface area (Å²) in [6, 6.07) is 6.70. The Balaban J connectivity index is 1.43. The van der Waals surface area contributed by atoms with Crippen LogP contribution in [0.15, 0.2) is 41.6 Å². The van der Waals surface area contributed by atoms with Crippen molar-refractivity contribution in [2.24, 2.45) is 0 Å². The fraction of sp³-hybridized carbons (Fsp3) is 0.316. The summed E-state index contributed by atoms with van der Waals surface area (Å²) in [6.07, 6.45) is 3.50. The van der Waals surface area contributed by atoms with Crippen LogP contribution in [-0.4, -0.2) is 45.3 Å². The lowest BCUT2D eigenvalue weighted by Gasteiger charge is -2.13. The fourth-order valence-electron chi connectivity index (χ4n) is 2.96. The quantitative estimate of drug-likeness (QED) is 0.727. The average Bonchev–Trinajstić information content (AvgIpc) is 2.90. The second-order valence-corrected chi connectivity index (χ2v) is 6.34. The van der Waals surface area contributed by atoms with Gasteiger partial charge in [-0.15, -0.1) is 0 Å². The van der Waals surface area contributed by atoms with Gasteiger partial charge >= 0.3 is 0 Å². The van der Waals surface area contributed by atoms with Crippen LogP contribution in [0.4, 0.5) is 0 Å². The van der Waals surface area contributed by atoms with E-state index in [2.05, 4.69) is 10.3 Å². The molecule has 0 unspecified atom stereocenters. The Hall–Kier alpha value is -3.29. The molecule has 8 nitrogen and oxygen atoms in total. The first-order valence-electron chi connectivity index (χ1n) is 8.72. The van der Waals surface area contributed by atoms with Gasteiger partial charge in [-0.1, -0.05) is 12.1 Å². The molecule has 0 spiro atoms. The third kappa shape index (κ3) is 3.94. The van der Waals surface area contributed by atoms with Crippen molar-refractivity contribution in [1.82, 2.24) is 19.8 Å². The molecule has 0 aliphatic carbocycles. The molecule has 0 bridgehead atoms. The number of hydrogen-bond donors (Lipinski definition) is 1. The van der Waals surface area contributed by atoms with Crippen LogP contribution in [0.5, 0.6) is 0 Å². The van der Waals surface area contributed by atoms with Crippen LogP contribution in [0, 0.1) is 6.92 Å². The molecule has 2 aromatic rings. The highest BCUT2D eigenvalue weighted by atomic mass is 16.2. The van der Waals surface area contributed by atoms with E-state index in [1.807, 2.05) is 0 Å². The van der Waals surface area contributed by atoms with Crippen molar-refractivity contribution in [2.45, 2.75) is 26.3 Å². The van der Waals surface area contributed by atoms with Crippen LogP contribution in [-0.2, 0) is 11.3 Å². The van der Waals surface area contributed by atoms with E-state index in [0.717, 1.165) is 0 Å². The number of carbonyl (C=O) groups excluding carboxylic acids is 3. The first-order chi connectivity index (χ1) is 13.0. The number of benzene rings is 1. The molecule has 0 atom stereocenters. The zero-order valence-corrected chi connectivity index (χ0v) is 15.0. The Labute approximate surface area is 155 Å². The molecule has 0 radical (unpaired) electrons. The van der Waals surface area contributed by atoms with Gasteiger partial charge in [0.2, 0.25) is 5.91 Å². The SMILES string of the molecule is Cc1cncn(CCNC(=O)CCCN2C(=O)c3ccccc3C2=O)c1=O. The number of nitrogens with one attached hydrogen (secondary N) is 1. The molecule has 0 saturated heterocycles. The standard InChI is InChI=1S/C19H20N4O4/c1-13-11-20-12-22(17(13)25)10-8-21-16(24)7-4-9-23-18(26)14-5-2-3-6-15(14)19(23)27/h2-3,5-6,11-12H,4,7-10H2,1H3,(H,21,24). The molecule has 2 heterocycles. The predicted octanol–water partition coefficient (Wildman–Crippen LogP) is 0.744. The molecule has 0 fully saturated rings. The van der Waals surface area contributed by atoms with Gasteiger partial charge in [0.05, 0.1) is 17.5 Å². The van der Waals surface area contributed by atoms with Gasteiger partial charge in [-0.2, -0.15) is 0 Å². The molecule has 8 heteroatoms. The molecule has 0 saturated carbocycles. The lowest BCUT2D eigenvalue weighted by atomic mass is 10.1. The molecule has 1 aliphatic rings. The molecule has 3 amide bonds. The molecule has 1 aromatic carbocycles. The first kappa shape index (κ1) is 18.5. The Kier molecular flexibility index (Phi) is 5.44. The van der Waals surface area contributed by atoms with Crippen LogP contribution in [0.1, 0.15) is 39.1 Å². The van der Waals surface area contributed by atoms with E-state index in [0.29, 0.717) is 36.2 Å². The summed E-state index contributed by atoms with van der Waals surface area (Å²) in [5.41, 5.74) is 1.22. The minimum atomic E-state index is -0.317. The molecule has 27 heavy (non-hydrogen) atoms. The van der Waals surface area contributed by atoms with Crippen molar-refractivity contribution in [1.29, 1.82) is 0 Å². The fourth-order valence-corrected chi connectivity index (χ4v) is 2.96. The third-order valence-electron chi connectivity index (χ3n) is 4.41. The molecule has 140 valence electrons. The van der Waals surface area contributed by atoms with Crippen molar-refractivity contribution in [3.05, 3.63) is 63.8 Å². The van der Waals surface area contributed by atoms with Crippen molar-refractivity contribution < 1.29 is 14.4 Å². The highest BCUT2D eigenvalue weighted by Gasteiger charge is 2.34.